The SMILES string of the molecule is COc1cc(C(=O)OCC(=O)Nc2cc(C(F)(F)F)ccc2-n2cncn2)ccc1OC(F)F. The van der Waals surface area contributed by atoms with Crippen LogP contribution in [0.1, 0.15) is 15.9 Å². The molecule has 0 radical (unpaired) electrons. The van der Waals surface area contributed by atoms with Crippen molar-refractivity contribution in [3.05, 3.63) is 60.2 Å². The van der Waals surface area contributed by atoms with Crippen LogP contribution in [0.25, 0.3) is 5.69 Å². The molecule has 0 bridgehead atoms. The Kier molecular flexibility index (Phi) is 7.28. The van der Waals surface area contributed by atoms with Crippen LogP contribution in [0.5, 0.6) is 11.5 Å². The first kappa shape index (κ1) is 24.4. The second-order valence-electron chi connectivity index (χ2n) is 6.44. The predicted octanol–water partition coefficient (Wildman–Crippen LogP) is 3.69. The predicted molar refractivity (Wildman–Crippen MR) is 105 cm³/mol. The Bertz CT molecular complexity index is 1170. The standard InChI is InChI=1S/C20H15F5N4O5/c1-32-16-6-11(2-5-15(16)34-19(21)22)18(31)33-8-17(30)28-13-7-12(20(23,24)25)3-4-14(13)29-10-26-9-27-29/h2-7,9-10,19H,8H2,1H3,(H,28,30). The quantitative estimate of drug-likeness (QED) is 0.383. The normalized spacial score (nSPS) is 11.3. The van der Waals surface area contributed by atoms with Gasteiger partial charge < -0.3 is 19.5 Å². The molecule has 0 aliphatic heterocycles. The minimum Gasteiger partial charge on any atom is -0.493 e. The maximum Gasteiger partial charge on any atom is 0.416 e. The first-order chi connectivity index (χ1) is 16.1. The summed E-state index contributed by atoms with van der Waals surface area (Å²) in [6.45, 7) is -3.97. The number of amides is 1. The van der Waals surface area contributed by atoms with Gasteiger partial charge in [-0.2, -0.15) is 27.1 Å². The third-order valence-corrected chi connectivity index (χ3v) is 4.21. The maximum absolute atomic E-state index is 13.1. The van der Waals surface area contributed by atoms with Crippen molar-refractivity contribution in [2.75, 3.05) is 19.0 Å². The highest BCUT2D eigenvalue weighted by Gasteiger charge is 2.31. The number of benzene rings is 2. The second kappa shape index (κ2) is 10.1. The van der Waals surface area contributed by atoms with E-state index in [1.54, 1.807) is 0 Å². The Hall–Kier alpha value is -4.23. The number of carbonyl (C=O) groups is 2. The molecule has 0 saturated heterocycles. The summed E-state index contributed by atoms with van der Waals surface area (Å²) in [4.78, 5) is 28.2. The highest BCUT2D eigenvalue weighted by atomic mass is 19.4. The van der Waals surface area contributed by atoms with E-state index in [0.717, 1.165) is 48.5 Å². The van der Waals surface area contributed by atoms with Gasteiger partial charge in [-0.05, 0) is 36.4 Å². The van der Waals surface area contributed by atoms with Gasteiger partial charge in [-0.3, -0.25) is 4.79 Å². The number of rotatable bonds is 8. The zero-order valence-corrected chi connectivity index (χ0v) is 17.2. The lowest BCUT2D eigenvalue weighted by molar-refractivity contribution is -0.137. The van der Waals surface area contributed by atoms with Gasteiger partial charge in [-0.25, -0.2) is 14.5 Å². The van der Waals surface area contributed by atoms with Gasteiger partial charge in [0.2, 0.25) is 0 Å². The molecule has 1 N–H and O–H groups in total. The van der Waals surface area contributed by atoms with Crippen molar-refractivity contribution in [2.45, 2.75) is 12.8 Å². The summed E-state index contributed by atoms with van der Waals surface area (Å²) in [6, 6.07) is 5.82. The van der Waals surface area contributed by atoms with Crippen LogP contribution in [0.15, 0.2) is 49.1 Å². The molecule has 1 amide bonds. The van der Waals surface area contributed by atoms with Crippen LogP contribution in [-0.2, 0) is 15.7 Å². The highest BCUT2D eigenvalue weighted by molar-refractivity contribution is 5.97. The van der Waals surface area contributed by atoms with E-state index in [-0.39, 0.29) is 28.4 Å². The van der Waals surface area contributed by atoms with Crippen molar-refractivity contribution >= 4 is 17.6 Å². The topological polar surface area (TPSA) is 105 Å². The molecule has 1 aromatic heterocycles. The van der Waals surface area contributed by atoms with Crippen LogP contribution >= 0.6 is 0 Å². The van der Waals surface area contributed by atoms with Gasteiger partial charge in [-0.15, -0.1) is 0 Å². The van der Waals surface area contributed by atoms with E-state index in [1.807, 2.05) is 0 Å². The molecule has 3 aromatic rings. The summed E-state index contributed by atoms with van der Waals surface area (Å²) in [5.41, 5.74) is -1.34. The molecule has 0 aliphatic rings. The van der Waals surface area contributed by atoms with Crippen LogP contribution < -0.4 is 14.8 Å². The van der Waals surface area contributed by atoms with Gasteiger partial charge in [-0.1, -0.05) is 0 Å². The summed E-state index contributed by atoms with van der Waals surface area (Å²) >= 11 is 0. The highest BCUT2D eigenvalue weighted by Crippen LogP contribution is 2.33. The van der Waals surface area contributed by atoms with Crippen LogP contribution in [0, 0.1) is 0 Å². The molecule has 0 fully saturated rings. The van der Waals surface area contributed by atoms with Crippen molar-refractivity contribution in [1.29, 1.82) is 0 Å². The Morgan fingerprint density at radius 2 is 1.88 bits per heavy atom. The average Bonchev–Trinajstić information content (AvgIpc) is 3.31. The minimum absolute atomic E-state index is 0.0875. The zero-order chi connectivity index (χ0) is 24.9. The zero-order valence-electron chi connectivity index (χ0n) is 17.2. The summed E-state index contributed by atoms with van der Waals surface area (Å²) in [5, 5.41) is 6.06. The van der Waals surface area contributed by atoms with Crippen LogP contribution in [-0.4, -0.2) is 47.0 Å². The lowest BCUT2D eigenvalue weighted by atomic mass is 10.1. The molecular formula is C20H15F5N4O5. The fourth-order valence-corrected chi connectivity index (χ4v) is 2.73. The van der Waals surface area contributed by atoms with E-state index < -0.39 is 36.8 Å². The number of ether oxygens (including phenoxy) is 3. The van der Waals surface area contributed by atoms with E-state index in [9.17, 15) is 31.5 Å². The largest absolute Gasteiger partial charge is 0.493 e. The van der Waals surface area contributed by atoms with Crippen molar-refractivity contribution < 1.29 is 45.8 Å². The number of aromatic nitrogens is 3. The van der Waals surface area contributed by atoms with E-state index in [2.05, 4.69) is 20.1 Å². The molecule has 180 valence electrons. The monoisotopic (exact) mass is 486 g/mol. The minimum atomic E-state index is -4.67. The van der Waals surface area contributed by atoms with E-state index >= 15 is 0 Å². The summed E-state index contributed by atoms with van der Waals surface area (Å²) < 4.78 is 79.2. The smallest absolute Gasteiger partial charge is 0.416 e. The van der Waals surface area contributed by atoms with Gasteiger partial charge >= 0.3 is 18.8 Å². The molecule has 2 aromatic carbocycles. The lowest BCUT2D eigenvalue weighted by Crippen LogP contribution is -2.22. The van der Waals surface area contributed by atoms with E-state index in [0.29, 0.717) is 6.07 Å². The van der Waals surface area contributed by atoms with Crippen molar-refractivity contribution in [1.82, 2.24) is 14.8 Å². The summed E-state index contributed by atoms with van der Waals surface area (Å²) in [7, 11) is 1.16. The third-order valence-electron chi connectivity index (χ3n) is 4.21. The molecule has 1 heterocycles. The summed E-state index contributed by atoms with van der Waals surface area (Å²) in [5.74, 6) is -2.46. The van der Waals surface area contributed by atoms with Gasteiger partial charge in [0.15, 0.2) is 18.1 Å². The Labute approximate surface area is 188 Å². The number of hydrogen-bond donors (Lipinski definition) is 1. The molecule has 0 spiro atoms. The number of alkyl halides is 5. The number of halogens is 5. The van der Waals surface area contributed by atoms with Crippen LogP contribution in [0.4, 0.5) is 27.6 Å². The fraction of sp³-hybridized carbons (Fsp3) is 0.200. The lowest BCUT2D eigenvalue weighted by Gasteiger charge is -2.14. The van der Waals surface area contributed by atoms with Crippen LogP contribution in [0.2, 0.25) is 0 Å². The van der Waals surface area contributed by atoms with Crippen LogP contribution in [0.3, 0.4) is 0 Å². The molecule has 0 unspecified atom stereocenters. The van der Waals surface area contributed by atoms with Gasteiger partial charge in [0.1, 0.15) is 12.7 Å². The maximum atomic E-state index is 13.1. The third kappa shape index (κ3) is 5.96. The number of nitrogens with zero attached hydrogens (tertiary/aromatic N) is 3. The fourth-order valence-electron chi connectivity index (χ4n) is 2.73. The Morgan fingerprint density at radius 3 is 2.50 bits per heavy atom. The number of hydrogen-bond acceptors (Lipinski definition) is 7. The Morgan fingerprint density at radius 1 is 1.12 bits per heavy atom. The van der Waals surface area contributed by atoms with Crippen molar-refractivity contribution in [3.63, 3.8) is 0 Å². The molecular weight excluding hydrogens is 471 g/mol. The molecule has 14 heteroatoms. The van der Waals surface area contributed by atoms with Crippen molar-refractivity contribution in [2.24, 2.45) is 0 Å². The Balaban J connectivity index is 1.72. The second-order valence-corrected chi connectivity index (χ2v) is 6.44. The summed E-state index contributed by atoms with van der Waals surface area (Å²) in [6.07, 6.45) is -2.31. The molecule has 0 atom stereocenters. The van der Waals surface area contributed by atoms with E-state index in [1.165, 1.54) is 6.33 Å². The van der Waals surface area contributed by atoms with Gasteiger partial charge in [0, 0.05) is 0 Å². The molecule has 9 nitrogen and oxygen atoms in total. The van der Waals surface area contributed by atoms with Gasteiger partial charge in [0.05, 0.1) is 29.6 Å². The molecule has 0 saturated carbocycles. The first-order valence-corrected chi connectivity index (χ1v) is 9.24. The van der Waals surface area contributed by atoms with E-state index in [4.69, 9.17) is 9.47 Å². The van der Waals surface area contributed by atoms with Crippen molar-refractivity contribution in [3.8, 4) is 17.2 Å². The number of nitrogens with one attached hydrogen (secondary N) is 1. The molecule has 0 aliphatic carbocycles. The average molecular weight is 486 g/mol. The molecule has 3 rings (SSSR count). The molecule has 34 heavy (non-hydrogen) atoms. The first-order valence-electron chi connectivity index (χ1n) is 9.24. The number of methoxy groups -OCH3 is 1. The number of esters is 1. The van der Waals surface area contributed by atoms with Gasteiger partial charge in [0.25, 0.3) is 5.91 Å². The number of anilines is 1. The number of carbonyl (C=O) groups excluding carboxylic acids is 2.